The summed E-state index contributed by atoms with van der Waals surface area (Å²) in [6, 6.07) is 3.77. The fourth-order valence-corrected chi connectivity index (χ4v) is 2.45. The third kappa shape index (κ3) is 2.09. The van der Waals surface area contributed by atoms with Crippen LogP contribution in [0.2, 0.25) is 0 Å². The lowest BCUT2D eigenvalue weighted by Crippen LogP contribution is -2.13. The monoisotopic (exact) mass is 284 g/mol. The molecule has 1 N–H and O–H groups in total. The maximum Gasteiger partial charge on any atom is 0.274 e. The second-order valence-corrected chi connectivity index (χ2v) is 4.80. The van der Waals surface area contributed by atoms with Crippen LogP contribution >= 0.6 is 0 Å². The number of rotatable bonds is 4. The Hall–Kier alpha value is -2.60. The summed E-state index contributed by atoms with van der Waals surface area (Å²) < 4.78 is 8.52. The number of aryl methyl sites for hydroxylation is 1. The van der Waals surface area contributed by atoms with E-state index in [9.17, 15) is 4.79 Å². The Morgan fingerprint density at radius 1 is 1.48 bits per heavy atom. The van der Waals surface area contributed by atoms with Gasteiger partial charge in [0.1, 0.15) is 5.65 Å². The first-order valence-electron chi connectivity index (χ1n) is 6.52. The van der Waals surface area contributed by atoms with Crippen molar-refractivity contribution in [3.05, 3.63) is 52.8 Å². The summed E-state index contributed by atoms with van der Waals surface area (Å²) in [6.45, 7) is 4.12. The third-order valence-corrected chi connectivity index (χ3v) is 3.44. The van der Waals surface area contributed by atoms with E-state index in [1.165, 1.54) is 4.68 Å². The van der Waals surface area contributed by atoms with Crippen molar-refractivity contribution in [2.24, 2.45) is 7.05 Å². The summed E-state index contributed by atoms with van der Waals surface area (Å²) in [7, 11) is 3.29. The Bertz CT molecular complexity index is 870. The van der Waals surface area contributed by atoms with E-state index in [1.807, 2.05) is 22.7 Å². The average Bonchev–Trinajstić information content (AvgIpc) is 3.00. The molecular formula is C15H16N4O2. The van der Waals surface area contributed by atoms with Gasteiger partial charge in [-0.2, -0.15) is 0 Å². The lowest BCUT2D eigenvalue weighted by Gasteiger charge is -2.04. The number of imidazole rings is 1. The Labute approximate surface area is 121 Å². The number of nitrogens with one attached hydrogen (secondary N) is 1. The largest absolute Gasteiger partial charge is 0.378 e. The number of fused-ring (bicyclic) bond motifs is 1. The van der Waals surface area contributed by atoms with Gasteiger partial charge in [0.25, 0.3) is 5.56 Å². The van der Waals surface area contributed by atoms with Crippen molar-refractivity contribution in [2.75, 3.05) is 7.11 Å². The number of hydrogen-bond donors (Lipinski definition) is 1. The minimum atomic E-state index is -0.0818. The molecule has 0 aliphatic rings. The minimum absolute atomic E-state index is 0.0818. The molecule has 0 spiro atoms. The Morgan fingerprint density at radius 3 is 3.00 bits per heavy atom. The van der Waals surface area contributed by atoms with E-state index in [-0.39, 0.29) is 5.56 Å². The van der Waals surface area contributed by atoms with Crippen LogP contribution < -0.4 is 5.56 Å². The second kappa shape index (κ2) is 5.06. The highest BCUT2D eigenvalue weighted by molar-refractivity contribution is 5.67. The maximum absolute atomic E-state index is 12.3. The smallest absolute Gasteiger partial charge is 0.274 e. The molecule has 0 aromatic carbocycles. The summed E-state index contributed by atoms with van der Waals surface area (Å²) in [4.78, 5) is 16.6. The number of aromatic nitrogens is 4. The highest BCUT2D eigenvalue weighted by Crippen LogP contribution is 2.21. The van der Waals surface area contributed by atoms with Gasteiger partial charge in [0.2, 0.25) is 0 Å². The summed E-state index contributed by atoms with van der Waals surface area (Å²) >= 11 is 0. The van der Waals surface area contributed by atoms with Crippen molar-refractivity contribution < 1.29 is 4.74 Å². The van der Waals surface area contributed by atoms with Crippen molar-refractivity contribution in [3.8, 4) is 11.1 Å². The molecule has 0 saturated heterocycles. The number of H-pyrrole nitrogens is 1. The predicted molar refractivity (Wildman–Crippen MR) is 81.0 cm³/mol. The van der Waals surface area contributed by atoms with Crippen LogP contribution in [0.1, 0.15) is 11.4 Å². The van der Waals surface area contributed by atoms with E-state index in [2.05, 4.69) is 16.7 Å². The van der Waals surface area contributed by atoms with E-state index in [0.29, 0.717) is 12.2 Å². The highest BCUT2D eigenvalue weighted by Gasteiger charge is 2.15. The average molecular weight is 284 g/mol. The third-order valence-electron chi connectivity index (χ3n) is 3.44. The molecule has 108 valence electrons. The number of nitrogens with zero attached hydrogens (tertiary/aromatic N) is 3. The molecule has 0 amide bonds. The molecule has 3 rings (SSSR count). The lowest BCUT2D eigenvalue weighted by atomic mass is 10.1. The van der Waals surface area contributed by atoms with Crippen LogP contribution in [0.4, 0.5) is 0 Å². The van der Waals surface area contributed by atoms with Gasteiger partial charge < -0.3 is 4.74 Å². The molecule has 0 bridgehead atoms. The summed E-state index contributed by atoms with van der Waals surface area (Å²) in [5, 5.41) is 3.02. The van der Waals surface area contributed by atoms with E-state index >= 15 is 0 Å². The molecule has 6 heteroatoms. The highest BCUT2D eigenvalue weighted by atomic mass is 16.5. The topological polar surface area (TPSA) is 64.3 Å². The SMILES string of the molecule is C=Cc1cnc2ccc(-c3c(COC)[nH]n(C)c3=O)cn12. The molecule has 0 saturated carbocycles. The zero-order valence-corrected chi connectivity index (χ0v) is 12.0. The van der Waals surface area contributed by atoms with Gasteiger partial charge in [-0.15, -0.1) is 0 Å². The zero-order valence-electron chi connectivity index (χ0n) is 12.0. The van der Waals surface area contributed by atoms with Gasteiger partial charge >= 0.3 is 0 Å². The molecular weight excluding hydrogens is 268 g/mol. The molecule has 0 radical (unpaired) electrons. The molecule has 21 heavy (non-hydrogen) atoms. The van der Waals surface area contributed by atoms with Gasteiger partial charge in [0, 0.05) is 25.9 Å². The quantitative estimate of drug-likeness (QED) is 0.794. The Kier molecular flexibility index (Phi) is 3.23. The van der Waals surface area contributed by atoms with Crippen LogP contribution in [0.15, 0.2) is 35.9 Å². The number of methoxy groups -OCH3 is 1. The first kappa shape index (κ1) is 13.4. The fraction of sp³-hybridized carbons (Fsp3) is 0.200. The van der Waals surface area contributed by atoms with Gasteiger partial charge in [-0.3, -0.25) is 19.0 Å². The molecule has 0 aliphatic carbocycles. The van der Waals surface area contributed by atoms with Crippen LogP contribution in [0, 0.1) is 0 Å². The first-order chi connectivity index (χ1) is 10.2. The van der Waals surface area contributed by atoms with Gasteiger partial charge in [0.05, 0.1) is 29.8 Å². The number of pyridine rings is 1. The van der Waals surface area contributed by atoms with Gasteiger partial charge in [-0.25, -0.2) is 4.98 Å². The zero-order chi connectivity index (χ0) is 15.0. The molecule has 0 atom stereocenters. The molecule has 3 aromatic rings. The van der Waals surface area contributed by atoms with E-state index in [1.54, 1.807) is 26.4 Å². The normalized spacial score (nSPS) is 11.1. The van der Waals surface area contributed by atoms with Crippen molar-refractivity contribution >= 4 is 11.7 Å². The maximum atomic E-state index is 12.3. The van der Waals surface area contributed by atoms with Gasteiger partial charge in [-0.1, -0.05) is 6.58 Å². The summed E-state index contributed by atoms with van der Waals surface area (Å²) in [5.74, 6) is 0. The molecule has 3 heterocycles. The second-order valence-electron chi connectivity index (χ2n) is 4.80. The standard InChI is InChI=1S/C15H16N4O2/c1-4-11-7-16-13-6-5-10(8-19(11)13)14-12(9-21-3)17-18(2)15(14)20/h4-8,17H,1,9H2,2-3H3. The lowest BCUT2D eigenvalue weighted by molar-refractivity contribution is 0.181. The van der Waals surface area contributed by atoms with Crippen LogP contribution in [0.25, 0.3) is 22.9 Å². The van der Waals surface area contributed by atoms with E-state index in [0.717, 1.165) is 22.6 Å². The minimum Gasteiger partial charge on any atom is -0.378 e. The number of hydrogen-bond acceptors (Lipinski definition) is 3. The van der Waals surface area contributed by atoms with Gasteiger partial charge in [0.15, 0.2) is 0 Å². The van der Waals surface area contributed by atoms with Crippen LogP contribution in [-0.4, -0.2) is 26.3 Å². The van der Waals surface area contributed by atoms with Crippen molar-refractivity contribution in [3.63, 3.8) is 0 Å². The Balaban J connectivity index is 2.24. The summed E-state index contributed by atoms with van der Waals surface area (Å²) in [6.07, 6.45) is 5.37. The molecule has 6 nitrogen and oxygen atoms in total. The van der Waals surface area contributed by atoms with Crippen molar-refractivity contribution in [2.45, 2.75) is 6.61 Å². The fourth-order valence-electron chi connectivity index (χ4n) is 2.45. The van der Waals surface area contributed by atoms with E-state index < -0.39 is 0 Å². The summed E-state index contributed by atoms with van der Waals surface area (Å²) in [5.41, 5.74) is 3.80. The van der Waals surface area contributed by atoms with Crippen LogP contribution in [-0.2, 0) is 18.4 Å². The van der Waals surface area contributed by atoms with Crippen LogP contribution in [0.3, 0.4) is 0 Å². The molecule has 0 fully saturated rings. The number of ether oxygens (including phenoxy) is 1. The number of aromatic amines is 1. The molecule has 3 aromatic heterocycles. The Morgan fingerprint density at radius 2 is 2.29 bits per heavy atom. The van der Waals surface area contributed by atoms with Crippen molar-refractivity contribution in [1.82, 2.24) is 19.2 Å². The first-order valence-corrected chi connectivity index (χ1v) is 6.52. The van der Waals surface area contributed by atoms with Gasteiger partial charge in [-0.05, 0) is 18.2 Å². The van der Waals surface area contributed by atoms with E-state index in [4.69, 9.17) is 4.74 Å². The molecule has 0 aliphatic heterocycles. The van der Waals surface area contributed by atoms with Crippen LogP contribution in [0.5, 0.6) is 0 Å². The molecule has 0 unspecified atom stereocenters. The predicted octanol–water partition coefficient (Wildman–Crippen LogP) is 1.82. The van der Waals surface area contributed by atoms with Crippen molar-refractivity contribution in [1.29, 1.82) is 0 Å².